The molecule has 0 amide bonds. The van der Waals surface area contributed by atoms with Gasteiger partial charge in [-0.1, -0.05) is 0 Å². The van der Waals surface area contributed by atoms with Gasteiger partial charge < -0.3 is 10.6 Å². The second kappa shape index (κ2) is 4.20. The fourth-order valence-electron chi connectivity index (χ4n) is 1.79. The van der Waals surface area contributed by atoms with Crippen LogP contribution < -0.4 is 5.73 Å². The summed E-state index contributed by atoms with van der Waals surface area (Å²) in [5, 5.41) is 3.36. The number of thiazole rings is 1. The molecule has 4 heteroatoms. The predicted molar refractivity (Wildman–Crippen MR) is 64.1 cm³/mol. The first kappa shape index (κ1) is 11.0. The number of rotatable bonds is 4. The van der Waals surface area contributed by atoms with Crippen molar-refractivity contribution < 1.29 is 0 Å². The average Bonchev–Trinajstić information content (AvgIpc) is 2.59. The quantitative estimate of drug-likeness (QED) is 0.846. The molecule has 0 saturated heterocycles. The lowest BCUT2D eigenvalue weighted by Crippen LogP contribution is -2.43. The molecule has 0 spiro atoms. The summed E-state index contributed by atoms with van der Waals surface area (Å²) in [6.07, 6.45) is 4.49. The van der Waals surface area contributed by atoms with Crippen LogP contribution in [0.5, 0.6) is 0 Å². The molecule has 1 aromatic heterocycles. The fourth-order valence-corrected chi connectivity index (χ4v) is 2.68. The van der Waals surface area contributed by atoms with Crippen LogP contribution in [0.3, 0.4) is 0 Å². The maximum atomic E-state index is 6.23. The first-order valence-corrected chi connectivity index (χ1v) is 6.37. The largest absolute Gasteiger partial charge is 0.320 e. The summed E-state index contributed by atoms with van der Waals surface area (Å²) in [6.45, 7) is 1.06. The number of hydrogen-bond donors (Lipinski definition) is 1. The molecular weight excluding hydrogens is 206 g/mol. The van der Waals surface area contributed by atoms with Gasteiger partial charge in [0.25, 0.3) is 0 Å². The van der Waals surface area contributed by atoms with Gasteiger partial charge in [0.15, 0.2) is 0 Å². The van der Waals surface area contributed by atoms with Gasteiger partial charge in [-0.3, -0.25) is 0 Å². The number of likely N-dealkylation sites (N-methyl/N-ethyl adjacent to an activating group) is 1. The van der Waals surface area contributed by atoms with Crippen LogP contribution in [0.2, 0.25) is 0 Å². The zero-order valence-electron chi connectivity index (χ0n) is 9.49. The van der Waals surface area contributed by atoms with Gasteiger partial charge in [0, 0.05) is 18.3 Å². The van der Waals surface area contributed by atoms with Crippen LogP contribution >= 0.6 is 11.3 Å². The summed E-state index contributed by atoms with van der Waals surface area (Å²) in [5.74, 6) is 0. The third-order valence-electron chi connectivity index (χ3n) is 3.08. The summed E-state index contributed by atoms with van der Waals surface area (Å²) < 4.78 is 0. The van der Waals surface area contributed by atoms with Crippen molar-refractivity contribution in [1.29, 1.82) is 0 Å². The third-order valence-corrected chi connectivity index (χ3v) is 3.99. The Morgan fingerprint density at radius 2 is 2.27 bits per heavy atom. The van der Waals surface area contributed by atoms with Crippen LogP contribution in [0.4, 0.5) is 0 Å². The van der Waals surface area contributed by atoms with Crippen molar-refractivity contribution in [2.45, 2.75) is 31.2 Å². The van der Waals surface area contributed by atoms with Crippen molar-refractivity contribution in [3.63, 3.8) is 0 Å². The molecule has 1 fully saturated rings. The lowest BCUT2D eigenvalue weighted by Gasteiger charge is -2.36. The highest BCUT2D eigenvalue weighted by atomic mass is 32.1. The Balaban J connectivity index is 1.98. The van der Waals surface area contributed by atoms with Crippen LogP contribution in [0.1, 0.15) is 30.0 Å². The normalized spacial score (nSPS) is 19.2. The number of nitrogens with zero attached hydrogens (tertiary/aromatic N) is 2. The molecule has 84 valence electrons. The van der Waals surface area contributed by atoms with E-state index in [4.69, 9.17) is 5.73 Å². The summed E-state index contributed by atoms with van der Waals surface area (Å²) >= 11 is 1.75. The molecule has 0 aliphatic heterocycles. The maximum Gasteiger partial charge on any atom is 0.0941 e. The number of hydrogen-bond acceptors (Lipinski definition) is 4. The van der Waals surface area contributed by atoms with Crippen molar-refractivity contribution in [2.75, 3.05) is 20.6 Å². The highest BCUT2D eigenvalue weighted by Gasteiger charge is 2.36. The topological polar surface area (TPSA) is 42.2 Å². The van der Waals surface area contributed by atoms with E-state index in [1.807, 2.05) is 0 Å². The summed E-state index contributed by atoms with van der Waals surface area (Å²) in [4.78, 5) is 6.83. The van der Waals surface area contributed by atoms with Crippen molar-refractivity contribution in [3.8, 4) is 0 Å². The third kappa shape index (κ3) is 2.38. The standard InChI is InChI=1S/C11H19N3S/c1-14(2)7-4-10-13-9(8-15-10)11(12)5-3-6-11/h8H,3-7,12H2,1-2H3. The smallest absolute Gasteiger partial charge is 0.0941 e. The van der Waals surface area contributed by atoms with Crippen LogP contribution in [-0.4, -0.2) is 30.5 Å². The van der Waals surface area contributed by atoms with Gasteiger partial charge in [-0.15, -0.1) is 11.3 Å². The SMILES string of the molecule is CN(C)CCc1nc(C2(N)CCC2)cs1. The van der Waals surface area contributed by atoms with E-state index in [1.54, 1.807) is 11.3 Å². The lowest BCUT2D eigenvalue weighted by molar-refractivity contribution is 0.247. The van der Waals surface area contributed by atoms with Gasteiger partial charge >= 0.3 is 0 Å². The van der Waals surface area contributed by atoms with Gasteiger partial charge in [0.05, 0.1) is 16.2 Å². The molecule has 1 aromatic rings. The molecule has 2 N–H and O–H groups in total. The Hall–Kier alpha value is -0.450. The highest BCUT2D eigenvalue weighted by molar-refractivity contribution is 7.09. The minimum absolute atomic E-state index is 0.0904. The number of aromatic nitrogens is 1. The zero-order chi connectivity index (χ0) is 10.9. The van der Waals surface area contributed by atoms with E-state index in [0.29, 0.717) is 0 Å². The van der Waals surface area contributed by atoms with E-state index in [9.17, 15) is 0 Å². The minimum atomic E-state index is -0.0904. The molecule has 0 atom stereocenters. The lowest BCUT2D eigenvalue weighted by atomic mass is 9.76. The van der Waals surface area contributed by atoms with Crippen molar-refractivity contribution in [1.82, 2.24) is 9.88 Å². The van der Waals surface area contributed by atoms with E-state index in [2.05, 4.69) is 29.4 Å². The van der Waals surface area contributed by atoms with Crippen molar-refractivity contribution >= 4 is 11.3 Å². The second-order valence-electron chi connectivity index (χ2n) is 4.69. The predicted octanol–water partition coefficient (Wildman–Crippen LogP) is 1.59. The minimum Gasteiger partial charge on any atom is -0.320 e. The second-order valence-corrected chi connectivity index (χ2v) is 5.63. The van der Waals surface area contributed by atoms with Gasteiger partial charge in [-0.25, -0.2) is 4.98 Å². The molecule has 0 aromatic carbocycles. The molecule has 0 unspecified atom stereocenters. The average molecular weight is 225 g/mol. The Labute approximate surface area is 95.3 Å². The van der Waals surface area contributed by atoms with Gasteiger partial charge in [0.1, 0.15) is 0 Å². The Morgan fingerprint density at radius 1 is 1.53 bits per heavy atom. The van der Waals surface area contributed by atoms with Gasteiger partial charge in [0.2, 0.25) is 0 Å². The van der Waals surface area contributed by atoms with E-state index < -0.39 is 0 Å². The molecule has 1 aliphatic carbocycles. The van der Waals surface area contributed by atoms with Crippen LogP contribution in [-0.2, 0) is 12.0 Å². The first-order valence-electron chi connectivity index (χ1n) is 5.49. The maximum absolute atomic E-state index is 6.23. The first-order chi connectivity index (χ1) is 7.10. The molecule has 0 radical (unpaired) electrons. The molecule has 1 aliphatic rings. The Kier molecular flexibility index (Phi) is 3.09. The van der Waals surface area contributed by atoms with Crippen LogP contribution in [0.25, 0.3) is 0 Å². The van der Waals surface area contributed by atoms with E-state index >= 15 is 0 Å². The molecule has 15 heavy (non-hydrogen) atoms. The number of nitrogens with two attached hydrogens (primary N) is 1. The Bertz CT molecular complexity index is 328. The summed E-state index contributed by atoms with van der Waals surface area (Å²) in [6, 6.07) is 0. The van der Waals surface area contributed by atoms with E-state index in [0.717, 1.165) is 31.5 Å². The monoisotopic (exact) mass is 225 g/mol. The van der Waals surface area contributed by atoms with Crippen molar-refractivity contribution in [3.05, 3.63) is 16.1 Å². The van der Waals surface area contributed by atoms with Crippen LogP contribution in [0, 0.1) is 0 Å². The zero-order valence-corrected chi connectivity index (χ0v) is 10.3. The highest BCUT2D eigenvalue weighted by Crippen LogP contribution is 2.38. The van der Waals surface area contributed by atoms with Gasteiger partial charge in [-0.2, -0.15) is 0 Å². The molecular formula is C11H19N3S. The molecule has 3 nitrogen and oxygen atoms in total. The molecule has 2 rings (SSSR count). The van der Waals surface area contributed by atoms with Crippen LogP contribution in [0.15, 0.2) is 5.38 Å². The summed E-state index contributed by atoms with van der Waals surface area (Å²) in [7, 11) is 4.18. The van der Waals surface area contributed by atoms with E-state index in [-0.39, 0.29) is 5.54 Å². The molecule has 0 bridgehead atoms. The summed E-state index contributed by atoms with van der Waals surface area (Å²) in [5.41, 5.74) is 7.25. The van der Waals surface area contributed by atoms with Crippen molar-refractivity contribution in [2.24, 2.45) is 5.73 Å². The molecule has 1 saturated carbocycles. The van der Waals surface area contributed by atoms with Gasteiger partial charge in [-0.05, 0) is 33.4 Å². The Morgan fingerprint density at radius 3 is 2.80 bits per heavy atom. The van der Waals surface area contributed by atoms with E-state index in [1.165, 1.54) is 11.4 Å². The fraction of sp³-hybridized carbons (Fsp3) is 0.727. The molecule has 1 heterocycles.